The predicted molar refractivity (Wildman–Crippen MR) is 97.9 cm³/mol. The monoisotopic (exact) mass is 391 g/mol. The first kappa shape index (κ1) is 19.2. The second kappa shape index (κ2) is 7.22. The first-order valence-corrected chi connectivity index (χ1v) is 8.03. The zero-order valence-corrected chi connectivity index (χ0v) is 14.9. The van der Waals surface area contributed by atoms with Gasteiger partial charge in [-0.15, -0.1) is 0 Å². The van der Waals surface area contributed by atoms with E-state index in [-0.39, 0.29) is 11.3 Å². The maximum Gasteiger partial charge on any atom is 0.417 e. The molecule has 0 aliphatic carbocycles. The molecule has 3 rings (SSSR count). The quantitative estimate of drug-likeness (QED) is 0.546. The average Bonchev–Trinajstić information content (AvgIpc) is 2.98. The second-order valence-electron chi connectivity index (χ2n) is 5.87. The van der Waals surface area contributed by atoms with Gasteiger partial charge in [-0.1, -0.05) is 18.2 Å². The summed E-state index contributed by atoms with van der Waals surface area (Å²) in [5.41, 5.74) is 4.74. The van der Waals surface area contributed by atoms with Crippen LogP contribution in [0, 0.1) is 0 Å². The SMILES string of the molecule is COc1cccc(-n2nnn(C)c2=O)c1/C=C/c1ccc(N)cc1C(F)(F)F. The summed E-state index contributed by atoms with van der Waals surface area (Å²) in [6.07, 6.45) is -1.86. The van der Waals surface area contributed by atoms with Gasteiger partial charge in [-0.05, 0) is 46.3 Å². The smallest absolute Gasteiger partial charge is 0.417 e. The number of halogens is 3. The molecule has 0 spiro atoms. The standard InChI is InChI=1S/C18H16F3N5O2/c1-25-17(27)26(24-23-25)15-4-3-5-16(28-2)13(15)9-7-11-6-8-12(22)10-14(11)18(19,20)21/h3-10H,22H2,1-2H3/b9-7+. The molecule has 146 valence electrons. The summed E-state index contributed by atoms with van der Waals surface area (Å²) in [7, 11) is 2.85. The Kier molecular flexibility index (Phi) is 4.95. The molecule has 28 heavy (non-hydrogen) atoms. The maximum absolute atomic E-state index is 13.3. The van der Waals surface area contributed by atoms with Crippen molar-refractivity contribution >= 4 is 17.8 Å². The van der Waals surface area contributed by atoms with E-state index in [9.17, 15) is 18.0 Å². The number of tetrazole rings is 1. The van der Waals surface area contributed by atoms with Gasteiger partial charge in [0.2, 0.25) is 0 Å². The van der Waals surface area contributed by atoms with Crippen molar-refractivity contribution in [3.63, 3.8) is 0 Å². The molecule has 10 heteroatoms. The van der Waals surface area contributed by atoms with E-state index >= 15 is 0 Å². The summed E-state index contributed by atoms with van der Waals surface area (Å²) in [4.78, 5) is 12.2. The molecule has 0 saturated carbocycles. The lowest BCUT2D eigenvalue weighted by molar-refractivity contribution is -0.137. The molecule has 1 aromatic heterocycles. The molecule has 0 aliphatic rings. The molecule has 2 aromatic carbocycles. The van der Waals surface area contributed by atoms with Gasteiger partial charge in [-0.3, -0.25) is 0 Å². The summed E-state index contributed by atoms with van der Waals surface area (Å²) in [5.74, 6) is 0.357. The molecule has 0 atom stereocenters. The third kappa shape index (κ3) is 3.61. The molecular formula is C18H16F3N5O2. The number of alkyl halides is 3. The van der Waals surface area contributed by atoms with E-state index in [1.54, 1.807) is 18.2 Å². The van der Waals surface area contributed by atoms with Crippen molar-refractivity contribution in [2.45, 2.75) is 6.18 Å². The van der Waals surface area contributed by atoms with Crippen LogP contribution < -0.4 is 16.2 Å². The fourth-order valence-electron chi connectivity index (χ4n) is 2.67. The number of rotatable bonds is 4. The van der Waals surface area contributed by atoms with E-state index in [1.807, 2.05) is 0 Å². The van der Waals surface area contributed by atoms with Crippen molar-refractivity contribution in [1.82, 2.24) is 19.8 Å². The minimum atomic E-state index is -4.57. The normalized spacial score (nSPS) is 11.9. The minimum Gasteiger partial charge on any atom is -0.496 e. The molecule has 0 saturated heterocycles. The molecule has 0 amide bonds. The zero-order valence-electron chi connectivity index (χ0n) is 14.9. The van der Waals surface area contributed by atoms with E-state index in [4.69, 9.17) is 10.5 Å². The third-order valence-corrected chi connectivity index (χ3v) is 4.03. The Labute approximate surface area is 157 Å². The highest BCUT2D eigenvalue weighted by Crippen LogP contribution is 2.35. The van der Waals surface area contributed by atoms with Gasteiger partial charge < -0.3 is 10.5 Å². The van der Waals surface area contributed by atoms with Crippen LogP contribution in [0.2, 0.25) is 0 Å². The van der Waals surface area contributed by atoms with E-state index in [0.29, 0.717) is 17.0 Å². The van der Waals surface area contributed by atoms with Crippen molar-refractivity contribution in [2.75, 3.05) is 12.8 Å². The van der Waals surface area contributed by atoms with Gasteiger partial charge >= 0.3 is 11.9 Å². The summed E-state index contributed by atoms with van der Waals surface area (Å²) in [6, 6.07) is 8.38. The van der Waals surface area contributed by atoms with Crippen LogP contribution in [0.3, 0.4) is 0 Å². The van der Waals surface area contributed by atoms with E-state index in [2.05, 4.69) is 10.4 Å². The molecule has 0 aliphatic heterocycles. The van der Waals surface area contributed by atoms with Crippen molar-refractivity contribution < 1.29 is 17.9 Å². The van der Waals surface area contributed by atoms with E-state index < -0.39 is 17.4 Å². The van der Waals surface area contributed by atoms with Crippen LogP contribution in [-0.4, -0.2) is 26.9 Å². The number of hydrogen-bond donors (Lipinski definition) is 1. The molecule has 3 aromatic rings. The Morgan fingerprint density at radius 3 is 2.50 bits per heavy atom. The fourth-order valence-corrected chi connectivity index (χ4v) is 2.67. The third-order valence-electron chi connectivity index (χ3n) is 4.03. The number of aromatic nitrogens is 4. The number of ether oxygens (including phenoxy) is 1. The first-order chi connectivity index (χ1) is 13.2. The Bertz CT molecular complexity index is 1100. The van der Waals surface area contributed by atoms with Crippen LogP contribution in [0.5, 0.6) is 5.75 Å². The fraction of sp³-hybridized carbons (Fsp3) is 0.167. The van der Waals surface area contributed by atoms with Crippen molar-refractivity contribution in [3.8, 4) is 11.4 Å². The van der Waals surface area contributed by atoms with Crippen LogP contribution in [0.1, 0.15) is 16.7 Å². The second-order valence-corrected chi connectivity index (χ2v) is 5.87. The number of hydrogen-bond acceptors (Lipinski definition) is 5. The lowest BCUT2D eigenvalue weighted by Gasteiger charge is -2.12. The summed E-state index contributed by atoms with van der Waals surface area (Å²) >= 11 is 0. The number of anilines is 1. The van der Waals surface area contributed by atoms with Gasteiger partial charge in [0.15, 0.2) is 0 Å². The summed E-state index contributed by atoms with van der Waals surface area (Å²) in [5, 5.41) is 7.43. The first-order valence-electron chi connectivity index (χ1n) is 8.03. The Balaban J connectivity index is 2.16. The molecule has 2 N–H and O–H groups in total. The predicted octanol–water partition coefficient (Wildman–Crippen LogP) is 2.75. The molecule has 0 bridgehead atoms. The van der Waals surface area contributed by atoms with Crippen LogP contribution >= 0.6 is 0 Å². The number of aryl methyl sites for hydroxylation is 1. The van der Waals surface area contributed by atoms with E-state index in [1.165, 1.54) is 38.4 Å². The average molecular weight is 391 g/mol. The molecule has 0 radical (unpaired) electrons. The van der Waals surface area contributed by atoms with Crippen LogP contribution in [0.15, 0.2) is 41.2 Å². The van der Waals surface area contributed by atoms with Gasteiger partial charge in [0, 0.05) is 18.3 Å². The van der Waals surface area contributed by atoms with Crippen LogP contribution in [0.25, 0.3) is 17.8 Å². The Hall–Kier alpha value is -3.56. The summed E-state index contributed by atoms with van der Waals surface area (Å²) < 4.78 is 47.3. The van der Waals surface area contributed by atoms with Gasteiger partial charge in [-0.25, -0.2) is 4.79 Å². The number of benzene rings is 2. The van der Waals surface area contributed by atoms with Crippen molar-refractivity contribution in [1.29, 1.82) is 0 Å². The van der Waals surface area contributed by atoms with Crippen LogP contribution in [0.4, 0.5) is 18.9 Å². The minimum absolute atomic E-state index is 0.00793. The van der Waals surface area contributed by atoms with E-state index in [0.717, 1.165) is 15.4 Å². The highest BCUT2D eigenvalue weighted by atomic mass is 19.4. The lowest BCUT2D eigenvalue weighted by atomic mass is 10.0. The topological polar surface area (TPSA) is 88.0 Å². The molecular weight excluding hydrogens is 375 g/mol. The number of nitrogen functional groups attached to an aromatic ring is 1. The summed E-state index contributed by atoms with van der Waals surface area (Å²) in [6.45, 7) is 0. The number of nitrogens with zero attached hydrogens (tertiary/aromatic N) is 4. The highest BCUT2D eigenvalue weighted by Gasteiger charge is 2.32. The lowest BCUT2D eigenvalue weighted by Crippen LogP contribution is -2.22. The molecule has 0 unspecified atom stereocenters. The Morgan fingerprint density at radius 2 is 1.89 bits per heavy atom. The van der Waals surface area contributed by atoms with Gasteiger partial charge in [0.05, 0.1) is 18.4 Å². The number of methoxy groups -OCH3 is 1. The highest BCUT2D eigenvalue weighted by molar-refractivity contribution is 5.78. The van der Waals surface area contributed by atoms with Gasteiger partial charge in [0.1, 0.15) is 5.75 Å². The van der Waals surface area contributed by atoms with Crippen molar-refractivity contribution in [2.24, 2.45) is 7.05 Å². The number of nitrogens with two attached hydrogens (primary N) is 1. The van der Waals surface area contributed by atoms with Gasteiger partial charge in [0.25, 0.3) is 0 Å². The van der Waals surface area contributed by atoms with Crippen LogP contribution in [-0.2, 0) is 13.2 Å². The largest absolute Gasteiger partial charge is 0.496 e. The zero-order chi connectivity index (χ0) is 20.5. The van der Waals surface area contributed by atoms with Crippen molar-refractivity contribution in [3.05, 3.63) is 63.6 Å². The van der Waals surface area contributed by atoms with Gasteiger partial charge in [-0.2, -0.15) is 22.5 Å². The molecule has 0 fully saturated rings. The molecule has 7 nitrogen and oxygen atoms in total. The Morgan fingerprint density at radius 1 is 1.14 bits per heavy atom. The molecule has 1 heterocycles. The maximum atomic E-state index is 13.3.